The van der Waals surface area contributed by atoms with E-state index in [9.17, 15) is 8.42 Å². The average Bonchev–Trinajstić information content (AvgIpc) is 2.71. The Kier molecular flexibility index (Phi) is 3.40. The summed E-state index contributed by atoms with van der Waals surface area (Å²) in [4.78, 5) is 0. The van der Waals surface area contributed by atoms with Crippen molar-refractivity contribution in [1.82, 2.24) is 10.0 Å². The maximum atomic E-state index is 11.8. The Morgan fingerprint density at radius 2 is 2.40 bits per heavy atom. The molecule has 1 atom stereocenters. The van der Waals surface area contributed by atoms with Crippen molar-refractivity contribution in [2.75, 3.05) is 13.1 Å². The predicted molar refractivity (Wildman–Crippen MR) is 60.5 cm³/mol. The Morgan fingerprint density at radius 1 is 1.53 bits per heavy atom. The lowest BCUT2D eigenvalue weighted by Gasteiger charge is -2.23. The second-order valence-electron chi connectivity index (χ2n) is 3.60. The minimum Gasteiger partial charge on any atom is -0.315 e. The Bertz CT molecular complexity index is 394. The van der Waals surface area contributed by atoms with E-state index in [2.05, 4.69) is 10.0 Å². The minimum atomic E-state index is -3.29. The van der Waals surface area contributed by atoms with Crippen LogP contribution in [0.1, 0.15) is 12.8 Å². The van der Waals surface area contributed by atoms with Crippen molar-refractivity contribution in [3.8, 4) is 0 Å². The summed E-state index contributed by atoms with van der Waals surface area (Å²) in [5.41, 5.74) is 0. The SMILES string of the molecule is O=S(=O)(N[C@@H]1CCCNC1)c1cccs1. The summed E-state index contributed by atoms with van der Waals surface area (Å²) < 4.78 is 26.8. The lowest BCUT2D eigenvalue weighted by atomic mass is 10.1. The molecule has 0 radical (unpaired) electrons. The number of thiophene rings is 1. The van der Waals surface area contributed by atoms with Crippen molar-refractivity contribution in [1.29, 1.82) is 0 Å². The standard InChI is InChI=1S/C9H14N2O2S2/c12-15(13,9-4-2-6-14-9)11-8-3-1-5-10-7-8/h2,4,6,8,10-11H,1,3,5,7H2/t8-/m1/s1. The predicted octanol–water partition coefficient (Wildman–Crippen LogP) is 0.778. The van der Waals surface area contributed by atoms with Gasteiger partial charge < -0.3 is 5.32 Å². The molecule has 0 unspecified atom stereocenters. The topological polar surface area (TPSA) is 58.2 Å². The van der Waals surface area contributed by atoms with Crippen molar-refractivity contribution in [3.63, 3.8) is 0 Å². The van der Waals surface area contributed by atoms with Crippen molar-refractivity contribution in [3.05, 3.63) is 17.5 Å². The number of hydrogen-bond donors (Lipinski definition) is 2. The zero-order valence-corrected chi connectivity index (χ0v) is 9.90. The van der Waals surface area contributed by atoms with E-state index < -0.39 is 10.0 Å². The molecule has 6 heteroatoms. The number of sulfonamides is 1. The lowest BCUT2D eigenvalue weighted by Crippen LogP contribution is -2.45. The molecule has 0 aromatic carbocycles. The fourth-order valence-corrected chi connectivity index (χ4v) is 3.93. The molecule has 15 heavy (non-hydrogen) atoms. The Balaban J connectivity index is 2.04. The smallest absolute Gasteiger partial charge is 0.250 e. The molecule has 0 aliphatic carbocycles. The Morgan fingerprint density at radius 3 is 3.00 bits per heavy atom. The molecule has 0 spiro atoms. The van der Waals surface area contributed by atoms with Crippen LogP contribution in [0.25, 0.3) is 0 Å². The molecule has 1 aliphatic rings. The van der Waals surface area contributed by atoms with Gasteiger partial charge in [0.1, 0.15) is 4.21 Å². The van der Waals surface area contributed by atoms with Gasteiger partial charge >= 0.3 is 0 Å². The first kappa shape index (κ1) is 11.1. The maximum Gasteiger partial charge on any atom is 0.250 e. The second-order valence-corrected chi connectivity index (χ2v) is 6.49. The van der Waals surface area contributed by atoms with Crippen molar-refractivity contribution >= 4 is 21.4 Å². The zero-order valence-electron chi connectivity index (χ0n) is 8.27. The van der Waals surface area contributed by atoms with Gasteiger partial charge in [-0.25, -0.2) is 13.1 Å². The normalized spacial score (nSPS) is 22.8. The van der Waals surface area contributed by atoms with E-state index in [0.717, 1.165) is 25.9 Å². The largest absolute Gasteiger partial charge is 0.315 e. The first-order valence-corrected chi connectivity index (χ1v) is 7.31. The monoisotopic (exact) mass is 246 g/mol. The molecular weight excluding hydrogens is 232 g/mol. The third-order valence-corrected chi connectivity index (χ3v) is 5.30. The Hall–Kier alpha value is -0.430. The van der Waals surface area contributed by atoms with Crippen LogP contribution >= 0.6 is 11.3 Å². The summed E-state index contributed by atoms with van der Waals surface area (Å²) in [5, 5.41) is 4.95. The fraction of sp³-hybridized carbons (Fsp3) is 0.556. The van der Waals surface area contributed by atoms with Crippen molar-refractivity contribution < 1.29 is 8.42 Å². The number of rotatable bonds is 3. The van der Waals surface area contributed by atoms with Crippen LogP contribution in [0.15, 0.2) is 21.7 Å². The molecule has 84 valence electrons. The molecule has 4 nitrogen and oxygen atoms in total. The van der Waals surface area contributed by atoms with E-state index in [1.54, 1.807) is 17.5 Å². The number of nitrogens with one attached hydrogen (secondary N) is 2. The van der Waals surface area contributed by atoms with Gasteiger partial charge in [-0.2, -0.15) is 0 Å². The molecule has 0 bridgehead atoms. The summed E-state index contributed by atoms with van der Waals surface area (Å²) in [6.45, 7) is 1.71. The highest BCUT2D eigenvalue weighted by Gasteiger charge is 2.21. The van der Waals surface area contributed by atoms with E-state index in [1.807, 2.05) is 0 Å². The Labute approximate surface area is 93.8 Å². The summed E-state index contributed by atoms with van der Waals surface area (Å²) in [7, 11) is -3.29. The molecule has 1 fully saturated rings. The molecule has 0 amide bonds. The van der Waals surface area contributed by atoms with E-state index in [-0.39, 0.29) is 6.04 Å². The average molecular weight is 246 g/mol. The zero-order chi connectivity index (χ0) is 10.7. The van der Waals surface area contributed by atoms with Gasteiger partial charge in [0.15, 0.2) is 0 Å². The molecule has 1 aromatic rings. The first-order chi connectivity index (χ1) is 7.18. The molecule has 1 saturated heterocycles. The van der Waals surface area contributed by atoms with Gasteiger partial charge in [0.25, 0.3) is 0 Å². The summed E-state index contributed by atoms with van der Waals surface area (Å²) in [5.74, 6) is 0. The van der Waals surface area contributed by atoms with E-state index in [1.165, 1.54) is 11.3 Å². The fourth-order valence-electron chi connectivity index (χ4n) is 1.65. The molecule has 0 saturated carbocycles. The van der Waals surface area contributed by atoms with Crippen molar-refractivity contribution in [2.24, 2.45) is 0 Å². The molecule has 1 aliphatic heterocycles. The van der Waals surface area contributed by atoms with Gasteiger partial charge in [-0.3, -0.25) is 0 Å². The van der Waals surface area contributed by atoms with E-state index >= 15 is 0 Å². The second kappa shape index (κ2) is 4.61. The first-order valence-electron chi connectivity index (χ1n) is 4.95. The number of piperidine rings is 1. The van der Waals surface area contributed by atoms with Gasteiger partial charge in [0, 0.05) is 12.6 Å². The minimum absolute atomic E-state index is 0.0332. The quantitative estimate of drug-likeness (QED) is 0.828. The summed E-state index contributed by atoms with van der Waals surface area (Å²) in [6, 6.07) is 3.41. The van der Waals surface area contributed by atoms with Gasteiger partial charge in [-0.1, -0.05) is 6.07 Å². The lowest BCUT2D eigenvalue weighted by molar-refractivity contribution is 0.429. The highest BCUT2D eigenvalue weighted by Crippen LogP contribution is 2.16. The molecule has 1 aromatic heterocycles. The van der Waals surface area contributed by atoms with Crippen LogP contribution in [-0.2, 0) is 10.0 Å². The van der Waals surface area contributed by atoms with Crippen LogP contribution in [0.4, 0.5) is 0 Å². The third-order valence-electron chi connectivity index (χ3n) is 2.38. The van der Waals surface area contributed by atoms with E-state index in [0.29, 0.717) is 4.21 Å². The van der Waals surface area contributed by atoms with Gasteiger partial charge in [-0.15, -0.1) is 11.3 Å². The maximum absolute atomic E-state index is 11.8. The van der Waals surface area contributed by atoms with E-state index in [4.69, 9.17) is 0 Å². The van der Waals surface area contributed by atoms with Crippen LogP contribution in [0.2, 0.25) is 0 Å². The van der Waals surface area contributed by atoms with Gasteiger partial charge in [-0.05, 0) is 30.8 Å². The van der Waals surface area contributed by atoms with Gasteiger partial charge in [0.05, 0.1) is 0 Å². The highest BCUT2D eigenvalue weighted by molar-refractivity contribution is 7.91. The van der Waals surface area contributed by atoms with Crippen LogP contribution in [-0.4, -0.2) is 27.5 Å². The van der Waals surface area contributed by atoms with Gasteiger partial charge in [0.2, 0.25) is 10.0 Å². The van der Waals surface area contributed by atoms with Crippen LogP contribution in [0.3, 0.4) is 0 Å². The molecular formula is C9H14N2O2S2. The molecule has 2 N–H and O–H groups in total. The summed E-state index contributed by atoms with van der Waals surface area (Å²) >= 11 is 1.25. The van der Waals surface area contributed by atoms with Crippen LogP contribution in [0.5, 0.6) is 0 Å². The number of hydrogen-bond acceptors (Lipinski definition) is 4. The molecule has 2 rings (SSSR count). The molecule has 2 heterocycles. The highest BCUT2D eigenvalue weighted by atomic mass is 32.2. The van der Waals surface area contributed by atoms with Crippen LogP contribution < -0.4 is 10.0 Å². The third kappa shape index (κ3) is 2.78. The summed E-state index contributed by atoms with van der Waals surface area (Å²) in [6.07, 6.45) is 1.94. The van der Waals surface area contributed by atoms with Crippen molar-refractivity contribution in [2.45, 2.75) is 23.1 Å². The van der Waals surface area contributed by atoms with Crippen LogP contribution in [0, 0.1) is 0 Å².